The van der Waals surface area contributed by atoms with Crippen LogP contribution >= 0.6 is 11.3 Å². The highest BCUT2D eigenvalue weighted by Crippen LogP contribution is 2.45. The van der Waals surface area contributed by atoms with Crippen LogP contribution in [0.3, 0.4) is 0 Å². The van der Waals surface area contributed by atoms with Crippen molar-refractivity contribution in [1.29, 1.82) is 0 Å². The van der Waals surface area contributed by atoms with Crippen LogP contribution < -0.4 is 10.1 Å². The molecule has 1 aliphatic carbocycles. The summed E-state index contributed by atoms with van der Waals surface area (Å²) in [4.78, 5) is 26.0. The van der Waals surface area contributed by atoms with Gasteiger partial charge in [-0.25, -0.2) is 15.0 Å². The molecule has 1 saturated carbocycles. The topological polar surface area (TPSA) is 117 Å². The molecular weight excluding hydrogens is 476 g/mol. The van der Waals surface area contributed by atoms with Crippen molar-refractivity contribution in [2.45, 2.75) is 71.5 Å². The van der Waals surface area contributed by atoms with Crippen LogP contribution in [-0.4, -0.2) is 37.2 Å². The monoisotopic (exact) mass is 510 g/mol. The number of carbonyl (C=O) groups is 1. The Balaban J connectivity index is 1.55. The second-order valence-electron chi connectivity index (χ2n) is 9.78. The van der Waals surface area contributed by atoms with Crippen LogP contribution in [0.1, 0.15) is 63.4 Å². The fourth-order valence-corrected chi connectivity index (χ4v) is 5.95. The van der Waals surface area contributed by atoms with Crippen LogP contribution in [0.4, 0.5) is 11.6 Å². The van der Waals surface area contributed by atoms with Gasteiger partial charge in [0.15, 0.2) is 0 Å². The maximum absolute atomic E-state index is 11.6. The SMILES string of the molecule is CCC(O)(c1ncc(-c2cc(C)cc(Nc3cc(OC(C)C)ccn3)n2)s1)C1CCC(C(=O)O)CC1. The molecule has 1 aliphatic rings. The number of carboxylic acids is 1. The largest absolute Gasteiger partial charge is 0.491 e. The fraction of sp³-hybridized carbons (Fsp3) is 0.481. The van der Waals surface area contributed by atoms with Crippen LogP contribution in [0, 0.1) is 18.8 Å². The number of hydrogen-bond donors (Lipinski definition) is 3. The number of aromatic nitrogens is 3. The van der Waals surface area contributed by atoms with E-state index in [2.05, 4.69) is 15.3 Å². The van der Waals surface area contributed by atoms with Crippen LogP contribution in [0.25, 0.3) is 10.6 Å². The van der Waals surface area contributed by atoms with Gasteiger partial charge in [-0.15, -0.1) is 11.3 Å². The van der Waals surface area contributed by atoms with E-state index in [0.29, 0.717) is 48.7 Å². The zero-order chi connectivity index (χ0) is 25.9. The minimum atomic E-state index is -1.07. The summed E-state index contributed by atoms with van der Waals surface area (Å²) in [6.07, 6.45) is 6.60. The molecule has 0 aromatic carbocycles. The molecule has 0 aliphatic heterocycles. The van der Waals surface area contributed by atoms with E-state index < -0.39 is 11.6 Å². The summed E-state index contributed by atoms with van der Waals surface area (Å²) in [6, 6.07) is 7.61. The molecule has 0 radical (unpaired) electrons. The van der Waals surface area contributed by atoms with E-state index in [9.17, 15) is 15.0 Å². The standard InChI is InChI=1S/C27H34N4O4S/c1-5-27(34,19-8-6-18(7-9-19)25(32)33)26-29-15-22(36-26)21-12-17(4)13-24(30-21)31-23-14-20(10-11-28-23)35-16(2)3/h10-16,18-19,34H,5-9H2,1-4H3,(H,32,33)(H,28,30,31). The number of rotatable bonds is 9. The van der Waals surface area contributed by atoms with Gasteiger partial charge in [0.25, 0.3) is 0 Å². The predicted molar refractivity (Wildman–Crippen MR) is 141 cm³/mol. The molecule has 9 heteroatoms. The first kappa shape index (κ1) is 26.0. The zero-order valence-electron chi connectivity index (χ0n) is 21.2. The lowest BCUT2D eigenvalue weighted by molar-refractivity contribution is -0.144. The molecule has 0 bridgehead atoms. The average molecular weight is 511 g/mol. The van der Waals surface area contributed by atoms with Crippen molar-refractivity contribution in [2.75, 3.05) is 5.32 Å². The highest BCUT2D eigenvalue weighted by molar-refractivity contribution is 7.15. The van der Waals surface area contributed by atoms with Crippen LogP contribution in [0.5, 0.6) is 5.75 Å². The second kappa shape index (κ2) is 10.9. The van der Waals surface area contributed by atoms with Crippen molar-refractivity contribution in [3.05, 3.63) is 47.2 Å². The molecule has 3 heterocycles. The van der Waals surface area contributed by atoms with E-state index in [1.54, 1.807) is 12.4 Å². The Labute approximate surface area is 215 Å². The van der Waals surface area contributed by atoms with Crippen molar-refractivity contribution >= 4 is 28.9 Å². The number of carboxylic acid groups (broad SMARTS) is 1. The lowest BCUT2D eigenvalue weighted by atomic mass is 9.72. The molecule has 0 spiro atoms. The van der Waals surface area contributed by atoms with Crippen molar-refractivity contribution in [1.82, 2.24) is 15.0 Å². The van der Waals surface area contributed by atoms with Gasteiger partial charge in [0.2, 0.25) is 0 Å². The number of anilines is 2. The molecule has 1 atom stereocenters. The van der Waals surface area contributed by atoms with Gasteiger partial charge in [0.1, 0.15) is 28.0 Å². The smallest absolute Gasteiger partial charge is 0.306 e. The lowest BCUT2D eigenvalue weighted by Crippen LogP contribution is -2.37. The number of hydrogen-bond acceptors (Lipinski definition) is 8. The Morgan fingerprint density at radius 2 is 1.94 bits per heavy atom. The number of thiazole rings is 1. The summed E-state index contributed by atoms with van der Waals surface area (Å²) in [7, 11) is 0. The Bertz CT molecular complexity index is 1210. The molecule has 3 N–H and O–H groups in total. The molecule has 4 rings (SSSR count). The number of ether oxygens (including phenoxy) is 1. The average Bonchev–Trinajstić information content (AvgIpc) is 3.34. The number of aryl methyl sites for hydroxylation is 1. The Kier molecular flexibility index (Phi) is 7.90. The summed E-state index contributed by atoms with van der Waals surface area (Å²) in [5, 5.41) is 24.9. The number of nitrogens with one attached hydrogen (secondary N) is 1. The van der Waals surface area contributed by atoms with Crippen LogP contribution in [0.2, 0.25) is 0 Å². The first-order valence-electron chi connectivity index (χ1n) is 12.5. The van der Waals surface area contributed by atoms with Gasteiger partial charge < -0.3 is 20.3 Å². The first-order chi connectivity index (χ1) is 17.2. The fourth-order valence-electron chi connectivity index (χ4n) is 4.84. The van der Waals surface area contributed by atoms with Gasteiger partial charge in [-0.2, -0.15) is 0 Å². The third-order valence-corrected chi connectivity index (χ3v) is 7.93. The zero-order valence-corrected chi connectivity index (χ0v) is 22.0. The van der Waals surface area contributed by atoms with Crippen LogP contribution in [0.15, 0.2) is 36.7 Å². The number of aliphatic carboxylic acids is 1. The number of nitrogens with zero attached hydrogens (tertiary/aromatic N) is 3. The van der Waals surface area contributed by atoms with E-state index in [1.165, 1.54) is 11.3 Å². The Hall–Kier alpha value is -3.04. The van der Waals surface area contributed by atoms with Crippen molar-refractivity contribution < 1.29 is 19.7 Å². The van der Waals surface area contributed by atoms with Gasteiger partial charge in [0.05, 0.1) is 22.6 Å². The third kappa shape index (κ3) is 5.84. The van der Waals surface area contributed by atoms with E-state index in [4.69, 9.17) is 9.72 Å². The second-order valence-corrected chi connectivity index (χ2v) is 10.8. The minimum absolute atomic E-state index is 0.00814. The Morgan fingerprint density at radius 3 is 2.61 bits per heavy atom. The molecule has 1 unspecified atom stereocenters. The molecule has 0 amide bonds. The van der Waals surface area contributed by atoms with Crippen molar-refractivity contribution in [2.24, 2.45) is 11.8 Å². The van der Waals surface area contributed by atoms with Gasteiger partial charge in [-0.3, -0.25) is 4.79 Å². The maximum Gasteiger partial charge on any atom is 0.306 e. The maximum atomic E-state index is 11.6. The van der Waals surface area contributed by atoms with E-state index in [0.717, 1.165) is 21.9 Å². The van der Waals surface area contributed by atoms with Gasteiger partial charge in [0, 0.05) is 18.5 Å². The summed E-state index contributed by atoms with van der Waals surface area (Å²) in [6.45, 7) is 7.92. The van der Waals surface area contributed by atoms with Gasteiger partial charge in [-0.1, -0.05) is 6.92 Å². The summed E-state index contributed by atoms with van der Waals surface area (Å²) in [5.74, 6) is 0.967. The summed E-state index contributed by atoms with van der Waals surface area (Å²) in [5.41, 5.74) is 0.728. The van der Waals surface area contributed by atoms with Crippen molar-refractivity contribution in [3.63, 3.8) is 0 Å². The molecule has 3 aromatic rings. The summed E-state index contributed by atoms with van der Waals surface area (Å²) >= 11 is 1.45. The molecular formula is C27H34N4O4S. The predicted octanol–water partition coefficient (Wildman–Crippen LogP) is 5.93. The lowest BCUT2D eigenvalue weighted by Gasteiger charge is -2.37. The van der Waals surface area contributed by atoms with Crippen LogP contribution in [-0.2, 0) is 10.4 Å². The molecule has 1 fully saturated rings. The van der Waals surface area contributed by atoms with Crippen molar-refractivity contribution in [3.8, 4) is 16.3 Å². The molecule has 0 saturated heterocycles. The minimum Gasteiger partial charge on any atom is -0.491 e. The number of aliphatic hydroxyl groups is 1. The van der Waals surface area contributed by atoms with Gasteiger partial charge >= 0.3 is 5.97 Å². The van der Waals surface area contributed by atoms with Gasteiger partial charge in [-0.05, 0) is 82.6 Å². The normalized spacial score (nSPS) is 19.6. The van der Waals surface area contributed by atoms with E-state index >= 15 is 0 Å². The number of pyridine rings is 2. The molecule has 192 valence electrons. The van der Waals surface area contributed by atoms with E-state index in [-0.39, 0.29) is 17.9 Å². The van der Waals surface area contributed by atoms with E-state index in [1.807, 2.05) is 52.0 Å². The molecule has 3 aromatic heterocycles. The summed E-state index contributed by atoms with van der Waals surface area (Å²) < 4.78 is 5.76. The molecule has 8 nitrogen and oxygen atoms in total. The molecule has 36 heavy (non-hydrogen) atoms. The quantitative estimate of drug-likeness (QED) is 0.324. The third-order valence-electron chi connectivity index (χ3n) is 6.75. The first-order valence-corrected chi connectivity index (χ1v) is 13.3. The highest BCUT2D eigenvalue weighted by Gasteiger charge is 2.42. The highest BCUT2D eigenvalue weighted by atomic mass is 32.1. The Morgan fingerprint density at radius 1 is 1.19 bits per heavy atom.